The fraction of sp³-hybridized carbons (Fsp3) is 1.00. The summed E-state index contributed by atoms with van der Waals surface area (Å²) in [5.41, 5.74) is 0. The molecule has 0 bridgehead atoms. The third-order valence-electron chi connectivity index (χ3n) is 4.66. The lowest BCUT2D eigenvalue weighted by atomic mass is 9.91. The Morgan fingerprint density at radius 3 is 2.00 bits per heavy atom. The molecule has 0 aliphatic carbocycles. The van der Waals surface area contributed by atoms with Gasteiger partial charge in [0.2, 0.25) is 0 Å². The Kier molecular flexibility index (Phi) is 10.5. The van der Waals surface area contributed by atoms with Crippen LogP contribution in [0.25, 0.3) is 0 Å². The van der Waals surface area contributed by atoms with Gasteiger partial charge in [-0.3, -0.25) is 0 Å². The minimum absolute atomic E-state index is 0.831. The highest BCUT2D eigenvalue weighted by Gasteiger charge is 2.17. The van der Waals surface area contributed by atoms with Gasteiger partial charge in [-0.2, -0.15) is 0 Å². The van der Waals surface area contributed by atoms with Gasteiger partial charge >= 0.3 is 0 Å². The lowest BCUT2D eigenvalue weighted by molar-refractivity contribution is 0.301. The maximum absolute atomic E-state index is 3.68. The fourth-order valence-corrected chi connectivity index (χ4v) is 3.32. The van der Waals surface area contributed by atoms with Crippen LogP contribution in [0.4, 0.5) is 0 Å². The summed E-state index contributed by atoms with van der Waals surface area (Å²) in [7, 11) is 0. The molecule has 1 saturated heterocycles. The molecular formula is C18H37N. The predicted octanol–water partition coefficient (Wildman–Crippen LogP) is 5.69. The van der Waals surface area contributed by atoms with Crippen molar-refractivity contribution in [3.63, 3.8) is 0 Å². The Morgan fingerprint density at radius 1 is 0.842 bits per heavy atom. The van der Waals surface area contributed by atoms with Crippen LogP contribution in [0.3, 0.4) is 0 Å². The van der Waals surface area contributed by atoms with Crippen LogP contribution in [0.1, 0.15) is 97.3 Å². The molecule has 0 aromatic carbocycles. The Bertz CT molecular complexity index is 190. The van der Waals surface area contributed by atoms with Crippen molar-refractivity contribution in [1.82, 2.24) is 5.32 Å². The predicted molar refractivity (Wildman–Crippen MR) is 86.6 cm³/mol. The van der Waals surface area contributed by atoms with Crippen molar-refractivity contribution in [3.8, 4) is 0 Å². The van der Waals surface area contributed by atoms with Gasteiger partial charge in [-0.1, -0.05) is 78.1 Å². The maximum atomic E-state index is 3.68. The molecule has 1 fully saturated rings. The monoisotopic (exact) mass is 267 g/mol. The Labute approximate surface area is 121 Å². The normalized spacial score (nSPS) is 23.7. The zero-order valence-electron chi connectivity index (χ0n) is 13.6. The van der Waals surface area contributed by atoms with Crippen molar-refractivity contribution in [2.45, 2.75) is 103 Å². The summed E-state index contributed by atoms with van der Waals surface area (Å²) < 4.78 is 0. The Hall–Kier alpha value is -0.0400. The Balaban J connectivity index is 1.78. The number of piperidine rings is 1. The van der Waals surface area contributed by atoms with Gasteiger partial charge in [0.15, 0.2) is 0 Å². The van der Waals surface area contributed by atoms with Crippen LogP contribution in [0.2, 0.25) is 0 Å². The molecule has 0 aromatic heterocycles. The van der Waals surface area contributed by atoms with E-state index in [9.17, 15) is 0 Å². The molecule has 1 heteroatoms. The molecule has 114 valence electrons. The van der Waals surface area contributed by atoms with Gasteiger partial charge in [-0.05, 0) is 31.7 Å². The Morgan fingerprint density at radius 2 is 1.42 bits per heavy atom. The quantitative estimate of drug-likeness (QED) is 0.474. The van der Waals surface area contributed by atoms with E-state index in [1.54, 1.807) is 0 Å². The standard InChI is InChI=1S/C18H37N/c1-3-4-5-6-7-8-9-10-11-12-13-18-16-17(2)14-15-19-18/h17-19H,3-16H2,1-2H3. The fourth-order valence-electron chi connectivity index (χ4n) is 3.32. The van der Waals surface area contributed by atoms with Crippen LogP contribution in [0.15, 0.2) is 0 Å². The van der Waals surface area contributed by atoms with Gasteiger partial charge in [0.25, 0.3) is 0 Å². The van der Waals surface area contributed by atoms with Crippen LogP contribution >= 0.6 is 0 Å². The van der Waals surface area contributed by atoms with Crippen molar-refractivity contribution >= 4 is 0 Å². The summed E-state index contributed by atoms with van der Waals surface area (Å²) in [5, 5.41) is 3.68. The largest absolute Gasteiger partial charge is 0.314 e. The molecule has 0 amide bonds. The molecule has 0 aromatic rings. The minimum Gasteiger partial charge on any atom is -0.314 e. The molecule has 1 heterocycles. The second kappa shape index (κ2) is 11.8. The van der Waals surface area contributed by atoms with E-state index in [0.717, 1.165) is 12.0 Å². The molecule has 1 N–H and O–H groups in total. The van der Waals surface area contributed by atoms with Gasteiger partial charge in [-0.25, -0.2) is 0 Å². The highest BCUT2D eigenvalue weighted by Crippen LogP contribution is 2.19. The first-order valence-corrected chi connectivity index (χ1v) is 9.06. The van der Waals surface area contributed by atoms with Crippen LogP contribution in [-0.4, -0.2) is 12.6 Å². The van der Waals surface area contributed by atoms with E-state index in [1.165, 1.54) is 90.0 Å². The molecule has 2 atom stereocenters. The molecule has 19 heavy (non-hydrogen) atoms. The summed E-state index contributed by atoms with van der Waals surface area (Å²) in [6.07, 6.45) is 18.7. The number of nitrogens with one attached hydrogen (secondary N) is 1. The van der Waals surface area contributed by atoms with Crippen molar-refractivity contribution in [2.24, 2.45) is 5.92 Å². The van der Waals surface area contributed by atoms with Gasteiger partial charge < -0.3 is 5.32 Å². The minimum atomic E-state index is 0.831. The van der Waals surface area contributed by atoms with Crippen molar-refractivity contribution in [3.05, 3.63) is 0 Å². The van der Waals surface area contributed by atoms with E-state index >= 15 is 0 Å². The SMILES string of the molecule is CCCCCCCCCCCCC1CC(C)CCN1. The molecule has 1 aliphatic rings. The summed E-state index contributed by atoms with van der Waals surface area (Å²) >= 11 is 0. The lowest BCUT2D eigenvalue weighted by Gasteiger charge is -2.28. The van der Waals surface area contributed by atoms with E-state index < -0.39 is 0 Å². The smallest absolute Gasteiger partial charge is 0.00696 e. The van der Waals surface area contributed by atoms with E-state index in [2.05, 4.69) is 19.2 Å². The zero-order chi connectivity index (χ0) is 13.8. The summed E-state index contributed by atoms with van der Waals surface area (Å²) in [4.78, 5) is 0. The number of rotatable bonds is 11. The third kappa shape index (κ3) is 9.49. The van der Waals surface area contributed by atoms with Gasteiger partial charge in [0, 0.05) is 6.04 Å². The molecule has 1 aliphatic heterocycles. The zero-order valence-corrected chi connectivity index (χ0v) is 13.6. The summed E-state index contributed by atoms with van der Waals surface area (Å²) in [6.45, 7) is 5.96. The van der Waals surface area contributed by atoms with E-state index in [1.807, 2.05) is 0 Å². The first-order chi connectivity index (χ1) is 9.33. The number of unbranched alkanes of at least 4 members (excludes halogenated alkanes) is 9. The topological polar surface area (TPSA) is 12.0 Å². The second-order valence-corrected chi connectivity index (χ2v) is 6.75. The lowest BCUT2D eigenvalue weighted by Crippen LogP contribution is -2.37. The summed E-state index contributed by atoms with van der Waals surface area (Å²) in [6, 6.07) is 0.831. The highest BCUT2D eigenvalue weighted by molar-refractivity contribution is 4.75. The molecule has 0 spiro atoms. The molecule has 1 rings (SSSR count). The van der Waals surface area contributed by atoms with Crippen molar-refractivity contribution in [1.29, 1.82) is 0 Å². The van der Waals surface area contributed by atoms with Gasteiger partial charge in [0.05, 0.1) is 0 Å². The number of hydrogen-bond acceptors (Lipinski definition) is 1. The first-order valence-electron chi connectivity index (χ1n) is 9.06. The summed E-state index contributed by atoms with van der Waals surface area (Å²) in [5.74, 6) is 0.953. The van der Waals surface area contributed by atoms with Crippen molar-refractivity contribution < 1.29 is 0 Å². The first kappa shape index (κ1) is 17.0. The molecule has 0 saturated carbocycles. The van der Waals surface area contributed by atoms with E-state index in [4.69, 9.17) is 0 Å². The molecule has 0 radical (unpaired) electrons. The van der Waals surface area contributed by atoms with Crippen LogP contribution < -0.4 is 5.32 Å². The van der Waals surface area contributed by atoms with E-state index in [-0.39, 0.29) is 0 Å². The molecule has 1 nitrogen and oxygen atoms in total. The van der Waals surface area contributed by atoms with Gasteiger partial charge in [0.1, 0.15) is 0 Å². The second-order valence-electron chi connectivity index (χ2n) is 6.75. The molecular weight excluding hydrogens is 230 g/mol. The van der Waals surface area contributed by atoms with Crippen LogP contribution in [0, 0.1) is 5.92 Å². The van der Waals surface area contributed by atoms with Gasteiger partial charge in [-0.15, -0.1) is 0 Å². The molecule has 2 unspecified atom stereocenters. The van der Waals surface area contributed by atoms with E-state index in [0.29, 0.717) is 0 Å². The number of hydrogen-bond donors (Lipinski definition) is 1. The van der Waals surface area contributed by atoms with Crippen molar-refractivity contribution in [2.75, 3.05) is 6.54 Å². The van der Waals surface area contributed by atoms with Crippen LogP contribution in [-0.2, 0) is 0 Å². The van der Waals surface area contributed by atoms with Crippen LogP contribution in [0.5, 0.6) is 0 Å². The highest BCUT2D eigenvalue weighted by atomic mass is 14.9. The average molecular weight is 268 g/mol. The third-order valence-corrected chi connectivity index (χ3v) is 4.66. The average Bonchev–Trinajstić information content (AvgIpc) is 2.41. The maximum Gasteiger partial charge on any atom is 0.00696 e.